The first kappa shape index (κ1) is 16.2. The second-order valence-corrected chi connectivity index (χ2v) is 6.09. The predicted molar refractivity (Wildman–Crippen MR) is 103 cm³/mol. The van der Waals surface area contributed by atoms with Crippen molar-refractivity contribution in [3.63, 3.8) is 0 Å². The van der Waals surface area contributed by atoms with Crippen molar-refractivity contribution >= 4 is 17.4 Å². The molecule has 1 amide bonds. The fraction of sp³-hybridized carbons (Fsp3) is 0.0870. The van der Waals surface area contributed by atoms with Gasteiger partial charge in [-0.3, -0.25) is 4.90 Å². The number of hydrogen-bond donors (Lipinski definition) is 0. The second-order valence-electron chi connectivity index (χ2n) is 6.09. The van der Waals surface area contributed by atoms with Crippen LogP contribution in [0.15, 0.2) is 91.0 Å². The number of amides is 1. The first-order valence-electron chi connectivity index (χ1n) is 8.69. The molecule has 3 nitrogen and oxygen atoms in total. The molecule has 0 aliphatic carbocycles. The van der Waals surface area contributed by atoms with Gasteiger partial charge in [0.1, 0.15) is 6.61 Å². The van der Waals surface area contributed by atoms with Gasteiger partial charge in [-0.15, -0.1) is 0 Å². The third-order valence-corrected chi connectivity index (χ3v) is 4.44. The maximum atomic E-state index is 12.4. The molecule has 0 unspecified atom stereocenters. The molecule has 0 spiro atoms. The first-order valence-corrected chi connectivity index (χ1v) is 8.69. The topological polar surface area (TPSA) is 29.5 Å². The van der Waals surface area contributed by atoms with E-state index < -0.39 is 0 Å². The van der Waals surface area contributed by atoms with Crippen LogP contribution < -0.4 is 0 Å². The quantitative estimate of drug-likeness (QED) is 0.621. The van der Waals surface area contributed by atoms with Crippen LogP contribution in [0.1, 0.15) is 16.7 Å². The van der Waals surface area contributed by atoms with E-state index in [0.717, 1.165) is 28.0 Å². The molecule has 1 heterocycles. The number of carbonyl (C=O) groups is 1. The molecule has 1 aliphatic heterocycles. The molecule has 26 heavy (non-hydrogen) atoms. The Labute approximate surface area is 153 Å². The summed E-state index contributed by atoms with van der Waals surface area (Å²) < 4.78 is 5.24. The van der Waals surface area contributed by atoms with Crippen LogP contribution in [0.5, 0.6) is 0 Å². The monoisotopic (exact) mass is 341 g/mol. The lowest BCUT2D eigenvalue weighted by Gasteiger charge is -2.23. The van der Waals surface area contributed by atoms with E-state index in [-0.39, 0.29) is 6.09 Å². The lowest BCUT2D eigenvalue weighted by Crippen LogP contribution is -2.24. The smallest absolute Gasteiger partial charge is 0.414 e. The molecule has 0 N–H and O–H groups in total. The summed E-state index contributed by atoms with van der Waals surface area (Å²) in [5, 5.41) is 0. The SMILES string of the molecule is O=C1OCCN1C(=C(c1ccccc1)c1ccccc1)c1ccccc1. The minimum Gasteiger partial charge on any atom is -0.447 e. The summed E-state index contributed by atoms with van der Waals surface area (Å²) in [6.45, 7) is 0.957. The van der Waals surface area contributed by atoms with Crippen LogP contribution in [0, 0.1) is 0 Å². The molecular weight excluding hydrogens is 322 g/mol. The summed E-state index contributed by atoms with van der Waals surface area (Å²) in [5.74, 6) is 0. The number of hydrogen-bond acceptors (Lipinski definition) is 2. The van der Waals surface area contributed by atoms with Gasteiger partial charge in [-0.25, -0.2) is 4.79 Å². The molecule has 3 heteroatoms. The Kier molecular flexibility index (Phi) is 4.52. The van der Waals surface area contributed by atoms with Crippen molar-refractivity contribution in [3.8, 4) is 0 Å². The van der Waals surface area contributed by atoms with E-state index in [9.17, 15) is 4.79 Å². The zero-order valence-electron chi connectivity index (χ0n) is 14.3. The third-order valence-electron chi connectivity index (χ3n) is 4.44. The Balaban J connectivity index is 2.03. The van der Waals surface area contributed by atoms with Gasteiger partial charge >= 0.3 is 6.09 Å². The van der Waals surface area contributed by atoms with Crippen molar-refractivity contribution in [1.29, 1.82) is 0 Å². The van der Waals surface area contributed by atoms with Crippen LogP contribution in [0.3, 0.4) is 0 Å². The van der Waals surface area contributed by atoms with Crippen molar-refractivity contribution in [2.24, 2.45) is 0 Å². The fourth-order valence-corrected chi connectivity index (χ4v) is 3.28. The zero-order valence-corrected chi connectivity index (χ0v) is 14.3. The van der Waals surface area contributed by atoms with Crippen LogP contribution in [0.4, 0.5) is 4.79 Å². The van der Waals surface area contributed by atoms with Crippen LogP contribution >= 0.6 is 0 Å². The van der Waals surface area contributed by atoms with Crippen molar-refractivity contribution in [3.05, 3.63) is 108 Å². The Hall–Kier alpha value is -3.33. The molecule has 0 bridgehead atoms. The number of benzene rings is 3. The van der Waals surface area contributed by atoms with Gasteiger partial charge in [0.05, 0.1) is 12.2 Å². The maximum Gasteiger partial charge on any atom is 0.414 e. The summed E-state index contributed by atoms with van der Waals surface area (Å²) >= 11 is 0. The lowest BCUT2D eigenvalue weighted by molar-refractivity contribution is 0.167. The standard InChI is InChI=1S/C23H19NO2/c25-23-24(16-17-26-23)22(20-14-8-3-9-15-20)21(18-10-4-1-5-11-18)19-12-6-2-7-13-19/h1-15H,16-17H2. The van der Waals surface area contributed by atoms with Gasteiger partial charge in [-0.1, -0.05) is 91.0 Å². The van der Waals surface area contributed by atoms with Gasteiger partial charge in [0, 0.05) is 5.57 Å². The van der Waals surface area contributed by atoms with E-state index in [1.54, 1.807) is 4.90 Å². The number of cyclic esters (lactones) is 1. The van der Waals surface area contributed by atoms with Crippen molar-refractivity contribution < 1.29 is 9.53 Å². The zero-order chi connectivity index (χ0) is 17.8. The molecule has 3 aromatic rings. The molecule has 0 radical (unpaired) electrons. The van der Waals surface area contributed by atoms with Gasteiger partial charge < -0.3 is 4.74 Å². The van der Waals surface area contributed by atoms with Crippen LogP contribution in [0.25, 0.3) is 11.3 Å². The van der Waals surface area contributed by atoms with E-state index in [2.05, 4.69) is 24.3 Å². The minimum absolute atomic E-state index is 0.298. The van der Waals surface area contributed by atoms with Gasteiger partial charge in [0.2, 0.25) is 0 Å². The van der Waals surface area contributed by atoms with E-state index in [1.165, 1.54) is 0 Å². The van der Waals surface area contributed by atoms with E-state index >= 15 is 0 Å². The van der Waals surface area contributed by atoms with Crippen molar-refractivity contribution in [2.75, 3.05) is 13.2 Å². The average molecular weight is 341 g/mol. The molecule has 0 atom stereocenters. The molecule has 1 aliphatic rings. The van der Waals surface area contributed by atoms with Crippen LogP contribution in [0.2, 0.25) is 0 Å². The van der Waals surface area contributed by atoms with E-state index in [1.807, 2.05) is 66.7 Å². The minimum atomic E-state index is -0.298. The number of rotatable bonds is 4. The third kappa shape index (κ3) is 3.11. The summed E-state index contributed by atoms with van der Waals surface area (Å²) in [7, 11) is 0. The predicted octanol–water partition coefficient (Wildman–Crippen LogP) is 5.06. The van der Waals surface area contributed by atoms with Crippen molar-refractivity contribution in [2.45, 2.75) is 0 Å². The van der Waals surface area contributed by atoms with Gasteiger partial charge in [-0.05, 0) is 16.7 Å². The molecule has 128 valence electrons. The molecular formula is C23H19NO2. The average Bonchev–Trinajstić information content (AvgIpc) is 3.13. The molecule has 3 aromatic carbocycles. The number of ether oxygens (including phenoxy) is 1. The van der Waals surface area contributed by atoms with E-state index in [4.69, 9.17) is 4.74 Å². The Morgan fingerprint density at radius 2 is 1.15 bits per heavy atom. The Bertz CT molecular complexity index is 877. The van der Waals surface area contributed by atoms with Crippen molar-refractivity contribution in [1.82, 2.24) is 4.90 Å². The van der Waals surface area contributed by atoms with E-state index in [0.29, 0.717) is 13.2 Å². The van der Waals surface area contributed by atoms with Gasteiger partial charge in [-0.2, -0.15) is 0 Å². The fourth-order valence-electron chi connectivity index (χ4n) is 3.28. The molecule has 1 saturated heterocycles. The highest BCUT2D eigenvalue weighted by Gasteiger charge is 2.29. The summed E-state index contributed by atoms with van der Waals surface area (Å²) in [5.41, 5.74) is 5.03. The highest BCUT2D eigenvalue weighted by Crippen LogP contribution is 2.35. The first-order chi connectivity index (χ1) is 12.8. The second kappa shape index (κ2) is 7.28. The number of carbonyl (C=O) groups excluding carboxylic acids is 1. The van der Waals surface area contributed by atoms with Crippen LogP contribution in [-0.4, -0.2) is 24.1 Å². The summed E-state index contributed by atoms with van der Waals surface area (Å²) in [4.78, 5) is 14.2. The largest absolute Gasteiger partial charge is 0.447 e. The maximum absolute atomic E-state index is 12.4. The molecule has 4 rings (SSSR count). The Morgan fingerprint density at radius 1 is 0.692 bits per heavy atom. The summed E-state index contributed by atoms with van der Waals surface area (Å²) in [6.07, 6.45) is -0.298. The molecule has 1 fully saturated rings. The summed E-state index contributed by atoms with van der Waals surface area (Å²) in [6, 6.07) is 30.4. The molecule has 0 aromatic heterocycles. The highest BCUT2D eigenvalue weighted by atomic mass is 16.6. The molecule has 0 saturated carbocycles. The van der Waals surface area contributed by atoms with Crippen LogP contribution in [-0.2, 0) is 4.74 Å². The van der Waals surface area contributed by atoms with Gasteiger partial charge in [0.25, 0.3) is 0 Å². The van der Waals surface area contributed by atoms with Gasteiger partial charge in [0.15, 0.2) is 0 Å². The number of nitrogens with zero attached hydrogens (tertiary/aromatic N) is 1. The highest BCUT2D eigenvalue weighted by molar-refractivity contribution is 6.02. The Morgan fingerprint density at radius 3 is 1.58 bits per heavy atom. The normalized spacial score (nSPS) is 13.4. The lowest BCUT2D eigenvalue weighted by atomic mass is 9.92.